The first-order chi connectivity index (χ1) is 8.88. The van der Waals surface area contributed by atoms with E-state index in [4.69, 9.17) is 0 Å². The van der Waals surface area contributed by atoms with Crippen LogP contribution >= 0.6 is 0 Å². The molecule has 0 aliphatic rings. The van der Waals surface area contributed by atoms with Crippen molar-refractivity contribution in [1.29, 1.82) is 0 Å². The number of azo groups is 1. The molecule has 0 aromatic heterocycles. The molecule has 0 unspecified atom stereocenters. The minimum Gasteiger partial charge on any atom is -0.355 e. The molecule has 0 saturated heterocycles. The van der Waals surface area contributed by atoms with Crippen molar-refractivity contribution in [3.63, 3.8) is 0 Å². The van der Waals surface area contributed by atoms with Crippen molar-refractivity contribution in [3.05, 3.63) is 60.2 Å². The fraction of sp³-hybridized carbons (Fsp3) is 0.0714. The second-order valence-electron chi connectivity index (χ2n) is 3.70. The second-order valence-corrected chi connectivity index (χ2v) is 3.70. The van der Waals surface area contributed by atoms with Gasteiger partial charge in [0.25, 0.3) is 0 Å². The number of nitrogens with zero attached hydrogens (tertiary/aromatic N) is 2. The lowest BCUT2D eigenvalue weighted by atomic mass is 10.2. The Kier molecular flexibility index (Phi) is 4.19. The second kappa shape index (κ2) is 6.30. The van der Waals surface area contributed by atoms with Crippen LogP contribution in [-0.4, -0.2) is 6.41 Å². The molecule has 0 radical (unpaired) electrons. The Balaban J connectivity index is 2.02. The number of benzene rings is 2. The molecular weight excluding hydrogens is 226 g/mol. The molecule has 1 amide bonds. The molecule has 0 aliphatic heterocycles. The molecule has 18 heavy (non-hydrogen) atoms. The van der Waals surface area contributed by atoms with Gasteiger partial charge in [0, 0.05) is 6.54 Å². The molecular formula is C14H13N3O. The molecule has 0 spiro atoms. The minimum absolute atomic E-state index is 0.527. The van der Waals surface area contributed by atoms with Crippen molar-refractivity contribution in [2.75, 3.05) is 0 Å². The number of nitrogens with one attached hydrogen (secondary N) is 1. The maximum atomic E-state index is 10.2. The Labute approximate surface area is 105 Å². The molecule has 0 saturated carbocycles. The lowest BCUT2D eigenvalue weighted by Gasteiger charge is -1.99. The maximum Gasteiger partial charge on any atom is 0.207 e. The Hall–Kier alpha value is -2.49. The van der Waals surface area contributed by atoms with Gasteiger partial charge in [-0.25, -0.2) is 0 Å². The molecule has 0 atom stereocenters. The first-order valence-corrected chi connectivity index (χ1v) is 5.61. The molecule has 2 rings (SSSR count). The Morgan fingerprint density at radius 3 is 2.11 bits per heavy atom. The van der Waals surface area contributed by atoms with E-state index in [1.54, 1.807) is 0 Å². The lowest BCUT2D eigenvalue weighted by molar-refractivity contribution is -0.109. The van der Waals surface area contributed by atoms with Gasteiger partial charge in [0.2, 0.25) is 6.41 Å². The number of hydrogen-bond donors (Lipinski definition) is 1. The van der Waals surface area contributed by atoms with E-state index in [1.165, 1.54) is 0 Å². The highest BCUT2D eigenvalue weighted by molar-refractivity contribution is 5.47. The standard InChI is InChI=1S/C14H13N3O/c18-11-15-10-12-6-8-14(9-7-12)17-16-13-4-2-1-3-5-13/h1-9,11H,10H2,(H,15,18)/b17-16+. The summed E-state index contributed by atoms with van der Waals surface area (Å²) < 4.78 is 0. The van der Waals surface area contributed by atoms with Gasteiger partial charge in [-0.05, 0) is 29.8 Å². The summed E-state index contributed by atoms with van der Waals surface area (Å²) in [4.78, 5) is 10.2. The van der Waals surface area contributed by atoms with E-state index >= 15 is 0 Å². The Morgan fingerprint density at radius 2 is 1.50 bits per heavy atom. The van der Waals surface area contributed by atoms with Crippen molar-refractivity contribution >= 4 is 17.8 Å². The van der Waals surface area contributed by atoms with Gasteiger partial charge in [-0.15, -0.1) is 0 Å². The molecule has 2 aromatic rings. The third-order valence-electron chi connectivity index (χ3n) is 2.36. The van der Waals surface area contributed by atoms with E-state index in [1.807, 2.05) is 54.6 Å². The summed E-state index contributed by atoms with van der Waals surface area (Å²) in [7, 11) is 0. The van der Waals surface area contributed by atoms with E-state index in [0.29, 0.717) is 13.0 Å². The third-order valence-corrected chi connectivity index (χ3v) is 2.36. The van der Waals surface area contributed by atoms with E-state index in [2.05, 4.69) is 15.5 Å². The highest BCUT2D eigenvalue weighted by atomic mass is 16.1. The molecule has 1 N–H and O–H groups in total. The van der Waals surface area contributed by atoms with Crippen molar-refractivity contribution in [1.82, 2.24) is 5.32 Å². The molecule has 2 aromatic carbocycles. The largest absolute Gasteiger partial charge is 0.355 e. The van der Waals surface area contributed by atoms with Crippen molar-refractivity contribution in [2.24, 2.45) is 10.2 Å². The predicted octanol–water partition coefficient (Wildman–Crippen LogP) is 3.35. The fourth-order valence-corrected chi connectivity index (χ4v) is 1.45. The lowest BCUT2D eigenvalue weighted by Crippen LogP contribution is -2.09. The first kappa shape index (κ1) is 12.0. The smallest absolute Gasteiger partial charge is 0.207 e. The van der Waals surface area contributed by atoms with Crippen LogP contribution in [0.2, 0.25) is 0 Å². The zero-order valence-electron chi connectivity index (χ0n) is 9.78. The van der Waals surface area contributed by atoms with Gasteiger partial charge in [-0.2, -0.15) is 10.2 Å². The van der Waals surface area contributed by atoms with Crippen molar-refractivity contribution in [3.8, 4) is 0 Å². The fourth-order valence-electron chi connectivity index (χ4n) is 1.45. The average molecular weight is 239 g/mol. The Bertz CT molecular complexity index is 520. The molecule has 0 bridgehead atoms. The number of carbonyl (C=O) groups excluding carboxylic acids is 1. The van der Waals surface area contributed by atoms with Crippen LogP contribution in [-0.2, 0) is 11.3 Å². The van der Waals surface area contributed by atoms with Crippen LogP contribution in [0.5, 0.6) is 0 Å². The van der Waals surface area contributed by atoms with Gasteiger partial charge in [-0.3, -0.25) is 4.79 Å². The zero-order chi connectivity index (χ0) is 12.6. The summed E-state index contributed by atoms with van der Waals surface area (Å²) in [6, 6.07) is 17.1. The molecule has 0 fully saturated rings. The van der Waals surface area contributed by atoms with Gasteiger partial charge in [0.1, 0.15) is 0 Å². The van der Waals surface area contributed by atoms with Crippen LogP contribution in [0.4, 0.5) is 11.4 Å². The maximum absolute atomic E-state index is 10.2. The van der Waals surface area contributed by atoms with E-state index in [9.17, 15) is 4.79 Å². The number of amides is 1. The average Bonchev–Trinajstić information content (AvgIpc) is 2.45. The minimum atomic E-state index is 0.527. The van der Waals surface area contributed by atoms with Gasteiger partial charge >= 0.3 is 0 Å². The van der Waals surface area contributed by atoms with Crippen molar-refractivity contribution < 1.29 is 4.79 Å². The summed E-state index contributed by atoms with van der Waals surface area (Å²) >= 11 is 0. The molecule has 90 valence electrons. The van der Waals surface area contributed by atoms with Gasteiger partial charge in [0.15, 0.2) is 0 Å². The monoisotopic (exact) mass is 239 g/mol. The summed E-state index contributed by atoms with van der Waals surface area (Å²) in [5, 5.41) is 10.9. The van der Waals surface area contributed by atoms with Crippen LogP contribution < -0.4 is 5.32 Å². The summed E-state index contributed by atoms with van der Waals surface area (Å²) in [5.74, 6) is 0. The summed E-state index contributed by atoms with van der Waals surface area (Å²) in [5.41, 5.74) is 2.64. The van der Waals surface area contributed by atoms with E-state index in [0.717, 1.165) is 16.9 Å². The van der Waals surface area contributed by atoms with Gasteiger partial charge < -0.3 is 5.32 Å². The number of hydrogen-bond acceptors (Lipinski definition) is 3. The van der Waals surface area contributed by atoms with E-state index in [-0.39, 0.29) is 0 Å². The molecule has 0 heterocycles. The topological polar surface area (TPSA) is 53.8 Å². The van der Waals surface area contributed by atoms with Crippen LogP contribution in [0.25, 0.3) is 0 Å². The third kappa shape index (κ3) is 3.52. The molecule has 4 heteroatoms. The zero-order valence-corrected chi connectivity index (χ0v) is 9.78. The van der Waals surface area contributed by atoms with E-state index < -0.39 is 0 Å². The summed E-state index contributed by atoms with van der Waals surface area (Å²) in [6.07, 6.45) is 0.684. The highest BCUT2D eigenvalue weighted by Crippen LogP contribution is 2.18. The predicted molar refractivity (Wildman–Crippen MR) is 70.0 cm³/mol. The molecule has 4 nitrogen and oxygen atoms in total. The van der Waals surface area contributed by atoms with Crippen LogP contribution in [0.15, 0.2) is 64.8 Å². The van der Waals surface area contributed by atoms with Crippen molar-refractivity contribution in [2.45, 2.75) is 6.54 Å². The highest BCUT2D eigenvalue weighted by Gasteiger charge is 1.93. The first-order valence-electron chi connectivity index (χ1n) is 5.61. The van der Waals surface area contributed by atoms with Crippen LogP contribution in [0.1, 0.15) is 5.56 Å². The number of rotatable bonds is 5. The molecule has 0 aliphatic carbocycles. The summed E-state index contributed by atoms with van der Waals surface area (Å²) in [6.45, 7) is 0.527. The number of carbonyl (C=O) groups is 1. The van der Waals surface area contributed by atoms with Crippen LogP contribution in [0.3, 0.4) is 0 Å². The van der Waals surface area contributed by atoms with Gasteiger partial charge in [0.05, 0.1) is 11.4 Å². The van der Waals surface area contributed by atoms with Crippen LogP contribution in [0, 0.1) is 0 Å². The SMILES string of the molecule is O=CNCc1ccc(/N=N/c2ccccc2)cc1. The normalized spacial score (nSPS) is 10.4. The quantitative estimate of drug-likeness (QED) is 0.631. The Morgan fingerprint density at radius 1 is 0.889 bits per heavy atom. The van der Waals surface area contributed by atoms with Gasteiger partial charge in [-0.1, -0.05) is 30.3 Å².